The van der Waals surface area contributed by atoms with E-state index in [1.165, 1.54) is 11.3 Å². The third-order valence-corrected chi connectivity index (χ3v) is 6.18. The largest absolute Gasteiger partial charge is 0.371 e. The Kier molecular flexibility index (Phi) is 8.56. The van der Waals surface area contributed by atoms with Gasteiger partial charge in [0.05, 0.1) is 0 Å². The highest BCUT2D eigenvalue weighted by Gasteiger charge is 2.21. The van der Waals surface area contributed by atoms with Crippen molar-refractivity contribution in [3.05, 3.63) is 60.0 Å². The Hall–Kier alpha value is -2.36. The monoisotopic (exact) mass is 561 g/mol. The van der Waals surface area contributed by atoms with E-state index in [0.29, 0.717) is 6.04 Å². The summed E-state index contributed by atoms with van der Waals surface area (Å²) in [6.07, 6.45) is 4.98. The fourth-order valence-corrected chi connectivity index (χ4v) is 4.20. The second-order valence-corrected chi connectivity index (χ2v) is 9.50. The number of aromatic nitrogens is 3. The number of fused-ring (bicyclic) bond motifs is 1. The Morgan fingerprint density at radius 3 is 2.45 bits per heavy atom. The molecule has 0 radical (unpaired) electrons. The Bertz CT molecular complexity index is 1040. The quantitative estimate of drug-likeness (QED) is 0.280. The summed E-state index contributed by atoms with van der Waals surface area (Å²) in [6.45, 7) is 9.63. The van der Waals surface area contributed by atoms with Crippen LogP contribution in [0.4, 0.5) is 5.69 Å². The van der Waals surface area contributed by atoms with E-state index in [0.717, 1.165) is 56.3 Å². The molecular weight excluding hydrogens is 525 g/mol. The lowest BCUT2D eigenvalue weighted by Crippen LogP contribution is -2.49. The SMILES string of the molecule is CN=C(NCCc1nnc2ccccn12)NC1CCN(c2ccc(C(C)(C)C)cc2)CC1.I. The molecule has 3 aromatic rings. The number of benzene rings is 1. The zero-order valence-corrected chi connectivity index (χ0v) is 22.4. The highest BCUT2D eigenvalue weighted by atomic mass is 127. The fourth-order valence-electron chi connectivity index (χ4n) is 4.20. The summed E-state index contributed by atoms with van der Waals surface area (Å²) in [5.74, 6) is 1.81. The molecule has 4 rings (SSSR count). The van der Waals surface area contributed by atoms with E-state index < -0.39 is 0 Å². The normalized spacial score (nSPS) is 15.4. The molecule has 8 heteroatoms. The molecule has 33 heavy (non-hydrogen) atoms. The highest BCUT2D eigenvalue weighted by molar-refractivity contribution is 14.0. The predicted molar refractivity (Wildman–Crippen MR) is 147 cm³/mol. The van der Waals surface area contributed by atoms with Crippen LogP contribution in [0.5, 0.6) is 0 Å². The van der Waals surface area contributed by atoms with Crippen LogP contribution >= 0.6 is 24.0 Å². The molecule has 1 aliphatic heterocycles. The molecule has 178 valence electrons. The molecule has 0 spiro atoms. The van der Waals surface area contributed by atoms with Gasteiger partial charge in [0.2, 0.25) is 0 Å². The van der Waals surface area contributed by atoms with Gasteiger partial charge >= 0.3 is 0 Å². The molecule has 1 aromatic carbocycles. The Morgan fingerprint density at radius 2 is 1.79 bits per heavy atom. The fraction of sp³-hybridized carbons (Fsp3) is 0.480. The molecule has 0 bridgehead atoms. The van der Waals surface area contributed by atoms with Gasteiger partial charge in [0.1, 0.15) is 5.82 Å². The first-order valence-electron chi connectivity index (χ1n) is 11.6. The molecule has 0 unspecified atom stereocenters. The number of piperidine rings is 1. The smallest absolute Gasteiger partial charge is 0.191 e. The number of rotatable bonds is 5. The summed E-state index contributed by atoms with van der Waals surface area (Å²) < 4.78 is 2.03. The second kappa shape index (κ2) is 11.2. The standard InChI is InChI=1S/C25H35N7.HI/c1-25(2,3)19-8-10-21(11-9-19)31-17-13-20(14-18-31)28-24(26-4)27-15-12-23-30-29-22-7-5-6-16-32(22)23;/h5-11,16,20H,12-15,17-18H2,1-4H3,(H2,26,27,28);1H. The van der Waals surface area contributed by atoms with Gasteiger partial charge in [-0.05, 0) is 48.1 Å². The number of hydrogen-bond acceptors (Lipinski definition) is 4. The minimum atomic E-state index is 0. The van der Waals surface area contributed by atoms with E-state index in [9.17, 15) is 0 Å². The lowest BCUT2D eigenvalue weighted by molar-refractivity contribution is 0.461. The van der Waals surface area contributed by atoms with Crippen LogP contribution in [0.15, 0.2) is 53.7 Å². The van der Waals surface area contributed by atoms with Gasteiger partial charge in [-0.3, -0.25) is 9.39 Å². The van der Waals surface area contributed by atoms with E-state index in [1.54, 1.807) is 0 Å². The van der Waals surface area contributed by atoms with Crippen molar-refractivity contribution in [2.75, 3.05) is 31.6 Å². The van der Waals surface area contributed by atoms with Gasteiger partial charge in [0, 0.05) is 51.0 Å². The highest BCUT2D eigenvalue weighted by Crippen LogP contribution is 2.26. The molecule has 0 atom stereocenters. The van der Waals surface area contributed by atoms with Crippen molar-refractivity contribution in [2.24, 2.45) is 4.99 Å². The minimum absolute atomic E-state index is 0. The first kappa shape index (κ1) is 25.3. The number of guanidine groups is 1. The van der Waals surface area contributed by atoms with Gasteiger partial charge in [-0.25, -0.2) is 0 Å². The van der Waals surface area contributed by atoms with Crippen molar-refractivity contribution in [3.8, 4) is 0 Å². The molecule has 7 nitrogen and oxygen atoms in total. The zero-order valence-electron chi connectivity index (χ0n) is 20.1. The summed E-state index contributed by atoms with van der Waals surface area (Å²) in [5.41, 5.74) is 3.77. The lowest BCUT2D eigenvalue weighted by Gasteiger charge is -2.35. The van der Waals surface area contributed by atoms with E-state index in [-0.39, 0.29) is 29.4 Å². The number of nitrogens with zero attached hydrogens (tertiary/aromatic N) is 5. The van der Waals surface area contributed by atoms with Crippen molar-refractivity contribution >= 4 is 41.3 Å². The van der Waals surface area contributed by atoms with E-state index >= 15 is 0 Å². The van der Waals surface area contributed by atoms with Crippen LogP contribution < -0.4 is 15.5 Å². The Labute approximate surface area is 214 Å². The summed E-state index contributed by atoms with van der Waals surface area (Å²) in [5, 5.41) is 15.5. The van der Waals surface area contributed by atoms with Crippen molar-refractivity contribution in [1.29, 1.82) is 0 Å². The van der Waals surface area contributed by atoms with Crippen molar-refractivity contribution in [3.63, 3.8) is 0 Å². The van der Waals surface area contributed by atoms with E-state index in [1.807, 2.05) is 35.8 Å². The van der Waals surface area contributed by atoms with Crippen LogP contribution in [-0.2, 0) is 11.8 Å². The van der Waals surface area contributed by atoms with Gasteiger partial charge in [-0.2, -0.15) is 0 Å². The number of pyridine rings is 1. The van der Waals surface area contributed by atoms with Crippen LogP contribution in [0.1, 0.15) is 45.0 Å². The maximum atomic E-state index is 4.41. The number of nitrogens with one attached hydrogen (secondary N) is 2. The van der Waals surface area contributed by atoms with Crippen molar-refractivity contribution in [1.82, 2.24) is 25.2 Å². The Balaban J connectivity index is 0.00000306. The average molecular weight is 562 g/mol. The maximum absolute atomic E-state index is 4.41. The number of anilines is 1. The van der Waals surface area contributed by atoms with E-state index in [2.05, 4.69) is 75.8 Å². The molecule has 3 heterocycles. The topological polar surface area (TPSA) is 69.8 Å². The molecule has 1 aliphatic rings. The molecule has 1 fully saturated rings. The van der Waals surface area contributed by atoms with Crippen LogP contribution in [-0.4, -0.2) is 53.3 Å². The zero-order chi connectivity index (χ0) is 22.6. The van der Waals surface area contributed by atoms with Gasteiger partial charge in [-0.15, -0.1) is 34.2 Å². The molecule has 2 aromatic heterocycles. The van der Waals surface area contributed by atoms with Gasteiger partial charge < -0.3 is 15.5 Å². The van der Waals surface area contributed by atoms with Crippen molar-refractivity contribution < 1.29 is 0 Å². The maximum Gasteiger partial charge on any atom is 0.191 e. The number of aliphatic imine (C=N–C) groups is 1. The number of halogens is 1. The number of hydrogen-bond donors (Lipinski definition) is 2. The summed E-state index contributed by atoms with van der Waals surface area (Å²) in [6, 6.07) is 15.4. The van der Waals surface area contributed by atoms with Gasteiger partial charge in [0.25, 0.3) is 0 Å². The van der Waals surface area contributed by atoms with Crippen LogP contribution in [0.3, 0.4) is 0 Å². The van der Waals surface area contributed by atoms with Crippen LogP contribution in [0.25, 0.3) is 5.65 Å². The lowest BCUT2D eigenvalue weighted by atomic mass is 9.87. The molecule has 0 amide bonds. The first-order chi connectivity index (χ1) is 15.4. The molecule has 2 N–H and O–H groups in total. The molecular formula is C25H36IN7. The molecule has 1 saturated heterocycles. The van der Waals surface area contributed by atoms with Gasteiger partial charge in [-0.1, -0.05) is 39.0 Å². The minimum Gasteiger partial charge on any atom is -0.371 e. The Morgan fingerprint density at radius 1 is 1.06 bits per heavy atom. The third-order valence-electron chi connectivity index (χ3n) is 6.18. The van der Waals surface area contributed by atoms with Crippen LogP contribution in [0.2, 0.25) is 0 Å². The van der Waals surface area contributed by atoms with Crippen LogP contribution in [0, 0.1) is 0 Å². The summed E-state index contributed by atoms with van der Waals surface area (Å²) in [4.78, 5) is 6.89. The average Bonchev–Trinajstić information content (AvgIpc) is 3.21. The van der Waals surface area contributed by atoms with E-state index in [4.69, 9.17) is 0 Å². The van der Waals surface area contributed by atoms with Gasteiger partial charge in [0.15, 0.2) is 11.6 Å². The predicted octanol–water partition coefficient (Wildman–Crippen LogP) is 4.02. The van der Waals surface area contributed by atoms with Crippen molar-refractivity contribution in [2.45, 2.75) is 51.5 Å². The summed E-state index contributed by atoms with van der Waals surface area (Å²) >= 11 is 0. The first-order valence-corrected chi connectivity index (χ1v) is 11.6. The molecule has 0 saturated carbocycles. The second-order valence-electron chi connectivity index (χ2n) is 9.50. The third kappa shape index (κ3) is 6.37. The summed E-state index contributed by atoms with van der Waals surface area (Å²) in [7, 11) is 1.83. The molecule has 0 aliphatic carbocycles.